The molecule has 1 heterocycles. The zero-order valence-corrected chi connectivity index (χ0v) is 17.6. The predicted octanol–water partition coefficient (Wildman–Crippen LogP) is 6.75. The van der Waals surface area contributed by atoms with Crippen LogP contribution in [0.15, 0.2) is 42.5 Å². The lowest BCUT2D eigenvalue weighted by atomic mass is 10.0. The lowest BCUT2D eigenvalue weighted by Gasteiger charge is -2.19. The van der Waals surface area contributed by atoms with E-state index in [1.165, 1.54) is 31.2 Å². The molecule has 0 fully saturated rings. The highest BCUT2D eigenvalue weighted by molar-refractivity contribution is 5.69. The number of hydrogen-bond acceptors (Lipinski definition) is 3. The number of unbranched alkanes of at least 4 members (excludes halogenated alkanes) is 2. The molecule has 156 valence electrons. The van der Waals surface area contributed by atoms with Gasteiger partial charge in [-0.05, 0) is 50.5 Å². The number of allylic oxidation sites excluding steroid dienone is 1. The normalized spacial score (nSPS) is 23.5. The lowest BCUT2D eigenvalue weighted by Crippen LogP contribution is -2.18. The zero-order chi connectivity index (χ0) is 19.9. The second-order valence-corrected chi connectivity index (χ2v) is 7.91. The number of cyclic esters (lactones) is 1. The quantitative estimate of drug-likeness (QED) is 0.295. The average Bonchev–Trinajstić information content (AvgIpc) is 2.71. The van der Waals surface area contributed by atoms with Crippen LogP contribution in [0.25, 0.3) is 0 Å². The molecule has 0 N–H and O–H groups in total. The number of ether oxygens (including phenoxy) is 2. The number of carbonyl (C=O) groups is 1. The minimum absolute atomic E-state index is 0.0416. The van der Waals surface area contributed by atoms with Crippen LogP contribution in [0.5, 0.6) is 0 Å². The molecule has 0 radical (unpaired) electrons. The van der Waals surface area contributed by atoms with Crippen molar-refractivity contribution in [3.8, 4) is 0 Å². The Morgan fingerprint density at radius 2 is 1.86 bits per heavy atom. The highest BCUT2D eigenvalue weighted by Gasteiger charge is 2.15. The van der Waals surface area contributed by atoms with Gasteiger partial charge in [-0.1, -0.05) is 75.1 Å². The predicted molar refractivity (Wildman–Crippen MR) is 115 cm³/mol. The minimum Gasteiger partial charge on any atom is -0.462 e. The Hall–Kier alpha value is -1.61. The first kappa shape index (κ1) is 22.7. The maximum atomic E-state index is 12.1. The SMILES string of the molecule is CCCCC[C@@H]1CCCCC[C@@H](OCc2ccccc2)C/C=C/CCC(=O)O1. The highest BCUT2D eigenvalue weighted by Crippen LogP contribution is 2.19. The molecular weight excluding hydrogens is 348 g/mol. The monoisotopic (exact) mass is 386 g/mol. The molecule has 0 saturated carbocycles. The van der Waals surface area contributed by atoms with Crippen molar-refractivity contribution in [2.24, 2.45) is 0 Å². The molecule has 0 spiro atoms. The largest absolute Gasteiger partial charge is 0.462 e. The molecular formula is C25H38O3. The smallest absolute Gasteiger partial charge is 0.306 e. The van der Waals surface area contributed by atoms with E-state index in [2.05, 4.69) is 43.3 Å². The number of benzene rings is 1. The Morgan fingerprint density at radius 3 is 2.68 bits per heavy atom. The molecule has 3 heteroatoms. The molecule has 28 heavy (non-hydrogen) atoms. The maximum absolute atomic E-state index is 12.1. The van der Waals surface area contributed by atoms with Crippen LogP contribution in [0.3, 0.4) is 0 Å². The van der Waals surface area contributed by atoms with Gasteiger partial charge in [-0.2, -0.15) is 0 Å². The first-order chi connectivity index (χ1) is 13.8. The fourth-order valence-electron chi connectivity index (χ4n) is 3.67. The van der Waals surface area contributed by atoms with Crippen molar-refractivity contribution in [1.82, 2.24) is 0 Å². The standard InChI is InChI=1S/C25H38O3/c1-2-3-7-18-24-19-12-5-10-16-23(17-11-6-13-20-25(26)28-24)27-21-22-14-8-4-9-15-22/h4,6,8-9,11,14-15,23-24H,2-3,5,7,10,12-13,16-21H2,1H3/b11-6+/t23-,24-/m1/s1. The van der Waals surface area contributed by atoms with E-state index in [9.17, 15) is 4.79 Å². The summed E-state index contributed by atoms with van der Waals surface area (Å²) in [7, 11) is 0. The molecule has 2 atom stereocenters. The Bertz CT molecular complexity index is 552. The number of rotatable bonds is 7. The molecule has 1 aromatic carbocycles. The van der Waals surface area contributed by atoms with Crippen LogP contribution in [0.1, 0.15) is 89.5 Å². The molecule has 0 aliphatic carbocycles. The van der Waals surface area contributed by atoms with Gasteiger partial charge in [0.1, 0.15) is 6.10 Å². The van der Waals surface area contributed by atoms with Crippen LogP contribution in [-0.4, -0.2) is 18.2 Å². The molecule has 0 amide bonds. The van der Waals surface area contributed by atoms with Gasteiger partial charge in [-0.25, -0.2) is 0 Å². The molecule has 3 nitrogen and oxygen atoms in total. The molecule has 2 rings (SSSR count). The lowest BCUT2D eigenvalue weighted by molar-refractivity contribution is -0.149. The molecule has 0 bridgehead atoms. The summed E-state index contributed by atoms with van der Waals surface area (Å²) in [5, 5.41) is 0. The summed E-state index contributed by atoms with van der Waals surface area (Å²) in [4.78, 5) is 12.1. The van der Waals surface area contributed by atoms with Crippen LogP contribution in [-0.2, 0) is 20.9 Å². The van der Waals surface area contributed by atoms with Gasteiger partial charge in [0.2, 0.25) is 0 Å². The van der Waals surface area contributed by atoms with Gasteiger partial charge >= 0.3 is 5.97 Å². The van der Waals surface area contributed by atoms with Crippen LogP contribution in [0.2, 0.25) is 0 Å². The highest BCUT2D eigenvalue weighted by atomic mass is 16.5. The summed E-state index contributed by atoms with van der Waals surface area (Å²) >= 11 is 0. The number of carbonyl (C=O) groups excluding carboxylic acids is 1. The molecule has 0 aromatic heterocycles. The summed E-state index contributed by atoms with van der Waals surface area (Å²) in [6.45, 7) is 2.88. The van der Waals surface area contributed by atoms with Crippen molar-refractivity contribution in [1.29, 1.82) is 0 Å². The van der Waals surface area contributed by atoms with Crippen molar-refractivity contribution in [3.63, 3.8) is 0 Å². The van der Waals surface area contributed by atoms with Gasteiger partial charge in [0, 0.05) is 6.42 Å². The Kier molecular flexibility index (Phi) is 11.7. The summed E-state index contributed by atoms with van der Waals surface area (Å²) < 4.78 is 11.9. The molecule has 0 unspecified atom stereocenters. The Balaban J connectivity index is 1.83. The first-order valence-corrected chi connectivity index (χ1v) is 11.3. The van der Waals surface area contributed by atoms with Gasteiger partial charge in [-0.3, -0.25) is 4.79 Å². The Morgan fingerprint density at radius 1 is 1.04 bits per heavy atom. The molecule has 1 aromatic rings. The van der Waals surface area contributed by atoms with E-state index in [4.69, 9.17) is 9.47 Å². The van der Waals surface area contributed by atoms with Gasteiger partial charge in [-0.15, -0.1) is 0 Å². The average molecular weight is 387 g/mol. The van der Waals surface area contributed by atoms with E-state index in [1.807, 2.05) is 6.07 Å². The topological polar surface area (TPSA) is 35.5 Å². The van der Waals surface area contributed by atoms with E-state index < -0.39 is 0 Å². The van der Waals surface area contributed by atoms with Crippen molar-refractivity contribution in [3.05, 3.63) is 48.0 Å². The van der Waals surface area contributed by atoms with Gasteiger partial charge < -0.3 is 9.47 Å². The second-order valence-electron chi connectivity index (χ2n) is 7.91. The number of hydrogen-bond donors (Lipinski definition) is 0. The van der Waals surface area contributed by atoms with E-state index in [1.54, 1.807) is 0 Å². The van der Waals surface area contributed by atoms with Gasteiger partial charge in [0.05, 0.1) is 12.7 Å². The Labute approximate surface area is 171 Å². The summed E-state index contributed by atoms with van der Waals surface area (Å²) in [5.41, 5.74) is 1.23. The minimum atomic E-state index is -0.0416. The van der Waals surface area contributed by atoms with E-state index >= 15 is 0 Å². The van der Waals surface area contributed by atoms with Crippen LogP contribution < -0.4 is 0 Å². The first-order valence-electron chi connectivity index (χ1n) is 11.3. The van der Waals surface area contributed by atoms with Crippen LogP contribution in [0.4, 0.5) is 0 Å². The zero-order valence-electron chi connectivity index (χ0n) is 17.6. The van der Waals surface area contributed by atoms with Gasteiger partial charge in [0.15, 0.2) is 0 Å². The second kappa shape index (κ2) is 14.4. The van der Waals surface area contributed by atoms with Crippen molar-refractivity contribution < 1.29 is 14.3 Å². The molecule has 0 saturated heterocycles. The van der Waals surface area contributed by atoms with E-state index in [-0.39, 0.29) is 18.2 Å². The third kappa shape index (κ3) is 10.1. The summed E-state index contributed by atoms with van der Waals surface area (Å²) in [6.07, 6.45) is 17.0. The third-order valence-electron chi connectivity index (χ3n) is 5.39. The van der Waals surface area contributed by atoms with Gasteiger partial charge in [0.25, 0.3) is 0 Å². The fourth-order valence-corrected chi connectivity index (χ4v) is 3.67. The summed E-state index contributed by atoms with van der Waals surface area (Å²) in [5.74, 6) is -0.0416. The van der Waals surface area contributed by atoms with Crippen molar-refractivity contribution in [2.45, 2.75) is 103 Å². The maximum Gasteiger partial charge on any atom is 0.306 e. The van der Waals surface area contributed by atoms with E-state index in [0.29, 0.717) is 13.0 Å². The molecule has 1 aliphatic heterocycles. The number of esters is 1. The van der Waals surface area contributed by atoms with Crippen LogP contribution >= 0.6 is 0 Å². The van der Waals surface area contributed by atoms with Crippen LogP contribution in [0, 0.1) is 0 Å². The third-order valence-corrected chi connectivity index (χ3v) is 5.39. The molecule has 1 aliphatic rings. The summed E-state index contributed by atoms with van der Waals surface area (Å²) in [6, 6.07) is 10.4. The fraction of sp³-hybridized carbons (Fsp3) is 0.640. The van der Waals surface area contributed by atoms with E-state index in [0.717, 1.165) is 44.9 Å². The van der Waals surface area contributed by atoms with Crippen molar-refractivity contribution >= 4 is 5.97 Å². The van der Waals surface area contributed by atoms with Crippen molar-refractivity contribution in [2.75, 3.05) is 0 Å².